The molecule has 1 aliphatic heterocycles. The van der Waals surface area contributed by atoms with Gasteiger partial charge in [-0.3, -0.25) is 0 Å². The SMILES string of the molecule is COC(=O)/C(C)=C/c1cn([C@@H]2O[C@H](CO)[C@@H](O)[C@@]2(C)O)c2ncnc(N)c12. The maximum absolute atomic E-state index is 11.7. The summed E-state index contributed by atoms with van der Waals surface area (Å²) < 4.78 is 11.9. The van der Waals surface area contributed by atoms with Crippen molar-refractivity contribution in [3.8, 4) is 0 Å². The lowest BCUT2D eigenvalue weighted by molar-refractivity contribution is -0.135. The summed E-state index contributed by atoms with van der Waals surface area (Å²) in [5, 5.41) is 30.9. The molecule has 5 N–H and O–H groups in total. The first kappa shape index (κ1) is 19.2. The Morgan fingerprint density at radius 3 is 2.81 bits per heavy atom. The molecular formula is C17H22N4O6. The van der Waals surface area contributed by atoms with Gasteiger partial charge in [0.05, 0.1) is 19.1 Å². The van der Waals surface area contributed by atoms with Gasteiger partial charge in [0.1, 0.15) is 35.6 Å². The van der Waals surface area contributed by atoms with Gasteiger partial charge in [-0.05, 0) is 19.9 Å². The predicted molar refractivity (Wildman–Crippen MR) is 95.2 cm³/mol. The van der Waals surface area contributed by atoms with E-state index in [4.69, 9.17) is 15.2 Å². The number of carbonyl (C=O) groups excluding carboxylic acids is 1. The molecule has 10 heteroatoms. The van der Waals surface area contributed by atoms with Crippen molar-refractivity contribution in [3.05, 3.63) is 23.7 Å². The molecule has 3 rings (SSSR count). The Morgan fingerprint density at radius 2 is 2.22 bits per heavy atom. The van der Waals surface area contributed by atoms with Crippen LogP contribution in [0.3, 0.4) is 0 Å². The van der Waals surface area contributed by atoms with Gasteiger partial charge < -0.3 is 35.1 Å². The molecule has 0 saturated carbocycles. The van der Waals surface area contributed by atoms with E-state index >= 15 is 0 Å². The highest BCUT2D eigenvalue weighted by molar-refractivity contribution is 6.00. The monoisotopic (exact) mass is 378 g/mol. The lowest BCUT2D eigenvalue weighted by Gasteiger charge is -2.27. The summed E-state index contributed by atoms with van der Waals surface area (Å²) in [7, 11) is 1.28. The molecule has 0 unspecified atom stereocenters. The second-order valence-corrected chi connectivity index (χ2v) is 6.65. The number of hydrogen-bond donors (Lipinski definition) is 4. The summed E-state index contributed by atoms with van der Waals surface area (Å²) in [5.74, 6) is -0.328. The first-order chi connectivity index (χ1) is 12.7. The number of methoxy groups -OCH3 is 1. The maximum atomic E-state index is 11.7. The van der Waals surface area contributed by atoms with E-state index < -0.39 is 36.6 Å². The summed E-state index contributed by atoms with van der Waals surface area (Å²) in [6.07, 6.45) is 1.11. The Bertz CT molecular complexity index is 906. The number of hydrogen-bond acceptors (Lipinski definition) is 9. The Balaban J connectivity index is 2.19. The number of aliphatic hydroxyl groups excluding tert-OH is 2. The van der Waals surface area contributed by atoms with Crippen LogP contribution < -0.4 is 5.73 Å². The zero-order chi connectivity index (χ0) is 19.9. The van der Waals surface area contributed by atoms with Gasteiger partial charge >= 0.3 is 5.97 Å². The van der Waals surface area contributed by atoms with Gasteiger partial charge in [0, 0.05) is 17.3 Å². The lowest BCUT2D eigenvalue weighted by atomic mass is 9.96. The van der Waals surface area contributed by atoms with Crippen molar-refractivity contribution in [2.45, 2.75) is 37.9 Å². The minimum Gasteiger partial charge on any atom is -0.466 e. The van der Waals surface area contributed by atoms with Crippen molar-refractivity contribution in [2.75, 3.05) is 19.5 Å². The van der Waals surface area contributed by atoms with Gasteiger partial charge in [-0.2, -0.15) is 0 Å². The number of nitrogen functional groups attached to an aromatic ring is 1. The first-order valence-corrected chi connectivity index (χ1v) is 8.26. The molecule has 0 amide bonds. The van der Waals surface area contributed by atoms with E-state index in [1.165, 1.54) is 24.9 Å². The van der Waals surface area contributed by atoms with Gasteiger partial charge in [0.25, 0.3) is 0 Å². The number of nitrogens with two attached hydrogens (primary N) is 1. The minimum atomic E-state index is -1.70. The van der Waals surface area contributed by atoms with E-state index in [1.807, 2.05) is 0 Å². The standard InChI is InChI=1S/C17H22N4O6/c1-8(15(24)26-3)4-9-5-21(14-11(9)13(18)19-7-20-14)16-17(2,25)12(23)10(6-22)27-16/h4-5,7,10,12,16,22-23,25H,6H2,1-3H3,(H2,18,19,20)/b8-4+/t10-,12-,16-,17-/m1/s1. The molecular weight excluding hydrogens is 356 g/mol. The van der Waals surface area contributed by atoms with Crippen LogP contribution >= 0.6 is 0 Å². The van der Waals surface area contributed by atoms with E-state index in [2.05, 4.69) is 9.97 Å². The average Bonchev–Trinajstić information content (AvgIpc) is 3.10. The predicted octanol–water partition coefficient (Wildman–Crippen LogP) is -0.409. The molecule has 4 atom stereocenters. The van der Waals surface area contributed by atoms with Crippen molar-refractivity contribution in [2.24, 2.45) is 0 Å². The Kier molecular flexibility index (Phi) is 4.91. The van der Waals surface area contributed by atoms with Gasteiger partial charge in [0.15, 0.2) is 6.23 Å². The third-order valence-electron chi connectivity index (χ3n) is 4.73. The topological polar surface area (TPSA) is 153 Å². The summed E-state index contributed by atoms with van der Waals surface area (Å²) in [6, 6.07) is 0. The van der Waals surface area contributed by atoms with Crippen molar-refractivity contribution >= 4 is 28.9 Å². The van der Waals surface area contributed by atoms with Crippen LogP contribution in [0.2, 0.25) is 0 Å². The van der Waals surface area contributed by atoms with E-state index in [-0.39, 0.29) is 5.82 Å². The van der Waals surface area contributed by atoms with E-state index in [0.717, 1.165) is 0 Å². The molecule has 3 heterocycles. The molecule has 27 heavy (non-hydrogen) atoms. The van der Waals surface area contributed by atoms with Gasteiger partial charge in [-0.15, -0.1) is 0 Å². The molecule has 1 aliphatic rings. The zero-order valence-electron chi connectivity index (χ0n) is 15.2. The Hall–Kier alpha value is -2.53. The molecule has 10 nitrogen and oxygen atoms in total. The van der Waals surface area contributed by atoms with Crippen LogP contribution in [0.5, 0.6) is 0 Å². The second kappa shape index (κ2) is 6.89. The number of aliphatic hydroxyl groups is 3. The number of rotatable bonds is 4. The first-order valence-electron chi connectivity index (χ1n) is 8.26. The fraction of sp³-hybridized carbons (Fsp3) is 0.471. The Labute approximate surface area is 154 Å². The number of carbonyl (C=O) groups is 1. The average molecular weight is 378 g/mol. The van der Waals surface area contributed by atoms with Crippen LogP contribution in [0.1, 0.15) is 25.6 Å². The molecule has 0 spiro atoms. The number of esters is 1. The zero-order valence-corrected chi connectivity index (χ0v) is 15.2. The highest BCUT2D eigenvalue weighted by Crippen LogP contribution is 2.41. The van der Waals surface area contributed by atoms with Crippen LogP contribution in [0.25, 0.3) is 17.1 Å². The number of aromatic nitrogens is 3. The van der Waals surface area contributed by atoms with Crippen LogP contribution in [-0.4, -0.2) is 67.3 Å². The van der Waals surface area contributed by atoms with Crippen LogP contribution in [0.15, 0.2) is 18.1 Å². The fourth-order valence-corrected chi connectivity index (χ4v) is 3.27. The van der Waals surface area contributed by atoms with Crippen molar-refractivity contribution in [1.29, 1.82) is 0 Å². The number of anilines is 1. The molecule has 2 aromatic rings. The maximum Gasteiger partial charge on any atom is 0.333 e. The summed E-state index contributed by atoms with van der Waals surface area (Å²) >= 11 is 0. The summed E-state index contributed by atoms with van der Waals surface area (Å²) in [6.45, 7) is 2.53. The normalized spacial score (nSPS) is 28.7. The molecule has 0 aliphatic carbocycles. The van der Waals surface area contributed by atoms with E-state index in [0.29, 0.717) is 22.2 Å². The molecule has 1 saturated heterocycles. The smallest absolute Gasteiger partial charge is 0.333 e. The summed E-state index contributed by atoms with van der Waals surface area (Å²) in [4.78, 5) is 19.9. The molecule has 0 aromatic carbocycles. The largest absolute Gasteiger partial charge is 0.466 e. The van der Waals surface area contributed by atoms with Gasteiger partial charge in [-0.25, -0.2) is 14.8 Å². The minimum absolute atomic E-state index is 0.180. The van der Waals surface area contributed by atoms with Crippen LogP contribution in [0.4, 0.5) is 5.82 Å². The molecule has 0 bridgehead atoms. The molecule has 1 fully saturated rings. The molecule has 2 aromatic heterocycles. The van der Waals surface area contributed by atoms with Gasteiger partial charge in [-0.1, -0.05) is 0 Å². The number of nitrogens with zero attached hydrogens (tertiary/aromatic N) is 3. The quantitative estimate of drug-likeness (QED) is 0.411. The lowest BCUT2D eigenvalue weighted by Crippen LogP contribution is -2.44. The van der Waals surface area contributed by atoms with Crippen molar-refractivity contribution in [1.82, 2.24) is 14.5 Å². The van der Waals surface area contributed by atoms with Crippen molar-refractivity contribution in [3.63, 3.8) is 0 Å². The molecule has 0 radical (unpaired) electrons. The second-order valence-electron chi connectivity index (χ2n) is 6.65. The molecule has 146 valence electrons. The Morgan fingerprint density at radius 1 is 1.52 bits per heavy atom. The van der Waals surface area contributed by atoms with E-state index in [1.54, 1.807) is 19.2 Å². The highest BCUT2D eigenvalue weighted by Gasteiger charge is 2.53. The fourth-order valence-electron chi connectivity index (χ4n) is 3.27. The van der Waals surface area contributed by atoms with Crippen molar-refractivity contribution < 1.29 is 29.6 Å². The van der Waals surface area contributed by atoms with E-state index in [9.17, 15) is 20.1 Å². The number of fused-ring (bicyclic) bond motifs is 1. The third kappa shape index (κ3) is 3.06. The summed E-state index contributed by atoms with van der Waals surface area (Å²) in [5.41, 5.74) is 5.50. The highest BCUT2D eigenvalue weighted by atomic mass is 16.6. The third-order valence-corrected chi connectivity index (χ3v) is 4.73. The van der Waals surface area contributed by atoms with Crippen LogP contribution in [-0.2, 0) is 14.3 Å². The van der Waals surface area contributed by atoms with Gasteiger partial charge in [0.2, 0.25) is 0 Å². The number of ether oxygens (including phenoxy) is 2. The van der Waals surface area contributed by atoms with Crippen LogP contribution in [0, 0.1) is 0 Å².